The van der Waals surface area contributed by atoms with Crippen LogP contribution in [0.25, 0.3) is 0 Å². The summed E-state index contributed by atoms with van der Waals surface area (Å²) in [5.74, 6) is 0. The van der Waals surface area contributed by atoms with Gasteiger partial charge in [-0.2, -0.15) is 0 Å². The largest absolute Gasteiger partial charge is 0.256 e. The van der Waals surface area contributed by atoms with Gasteiger partial charge in [-0.1, -0.05) is 35.9 Å². The van der Waals surface area contributed by atoms with Gasteiger partial charge in [0, 0.05) is 6.21 Å². The normalized spacial score (nSPS) is 11.0. The number of benzene rings is 2. The van der Waals surface area contributed by atoms with Crippen molar-refractivity contribution < 1.29 is 0 Å². The van der Waals surface area contributed by atoms with E-state index in [0.717, 1.165) is 11.3 Å². The maximum Gasteiger partial charge on any atom is 0.0630 e. The maximum absolute atomic E-state index is 4.46. The van der Waals surface area contributed by atoms with Crippen LogP contribution in [0.5, 0.6) is 0 Å². The number of hydrogen-bond acceptors (Lipinski definition) is 1. The lowest BCUT2D eigenvalue weighted by Gasteiger charge is -2.00. The fourth-order valence-electron chi connectivity index (χ4n) is 1.62. The monoisotopic (exact) mass is 223 g/mol. The van der Waals surface area contributed by atoms with Crippen molar-refractivity contribution in [1.29, 1.82) is 0 Å². The van der Waals surface area contributed by atoms with E-state index in [1.54, 1.807) is 0 Å². The zero-order valence-corrected chi connectivity index (χ0v) is 10.6. The lowest BCUT2D eigenvalue weighted by atomic mass is 10.1. The van der Waals surface area contributed by atoms with Crippen LogP contribution in [0.4, 0.5) is 5.69 Å². The molecule has 0 heterocycles. The molecule has 2 aromatic carbocycles. The van der Waals surface area contributed by atoms with Gasteiger partial charge in [0.25, 0.3) is 0 Å². The van der Waals surface area contributed by atoms with Gasteiger partial charge in [-0.25, -0.2) is 0 Å². The Morgan fingerprint density at radius 2 is 1.53 bits per heavy atom. The summed E-state index contributed by atoms with van der Waals surface area (Å²) in [4.78, 5) is 4.46. The molecule has 0 amide bonds. The molecule has 2 rings (SSSR count). The molecule has 0 saturated carbocycles. The summed E-state index contributed by atoms with van der Waals surface area (Å²) in [6.45, 7) is 6.33. The van der Waals surface area contributed by atoms with Crippen molar-refractivity contribution in [1.82, 2.24) is 0 Å². The highest BCUT2D eigenvalue weighted by Crippen LogP contribution is 2.13. The summed E-state index contributed by atoms with van der Waals surface area (Å²) in [6, 6.07) is 14.6. The Morgan fingerprint density at radius 3 is 2.18 bits per heavy atom. The quantitative estimate of drug-likeness (QED) is 0.671. The predicted octanol–water partition coefficient (Wildman–Crippen LogP) is 4.36. The second-order valence-corrected chi connectivity index (χ2v) is 4.44. The van der Waals surface area contributed by atoms with Crippen LogP contribution in [0.2, 0.25) is 0 Å². The van der Waals surface area contributed by atoms with Gasteiger partial charge in [0.15, 0.2) is 0 Å². The first kappa shape index (κ1) is 11.6. The molecule has 0 bridgehead atoms. The van der Waals surface area contributed by atoms with Crippen LogP contribution in [0.1, 0.15) is 22.3 Å². The van der Waals surface area contributed by atoms with Crippen LogP contribution in [0, 0.1) is 20.8 Å². The van der Waals surface area contributed by atoms with E-state index in [9.17, 15) is 0 Å². The minimum absolute atomic E-state index is 0.994. The van der Waals surface area contributed by atoms with Gasteiger partial charge in [-0.05, 0) is 49.6 Å². The van der Waals surface area contributed by atoms with E-state index >= 15 is 0 Å². The van der Waals surface area contributed by atoms with Crippen LogP contribution >= 0.6 is 0 Å². The summed E-state index contributed by atoms with van der Waals surface area (Å²) < 4.78 is 0. The van der Waals surface area contributed by atoms with Crippen LogP contribution in [0.15, 0.2) is 47.5 Å². The Hall–Kier alpha value is -1.89. The van der Waals surface area contributed by atoms with Gasteiger partial charge in [0.05, 0.1) is 5.69 Å². The fraction of sp³-hybridized carbons (Fsp3) is 0.188. The van der Waals surface area contributed by atoms with Crippen LogP contribution < -0.4 is 0 Å². The summed E-state index contributed by atoms with van der Waals surface area (Å²) in [5.41, 5.74) is 6.02. The van der Waals surface area contributed by atoms with Crippen molar-refractivity contribution in [3.8, 4) is 0 Å². The van der Waals surface area contributed by atoms with Gasteiger partial charge < -0.3 is 0 Å². The second kappa shape index (κ2) is 4.96. The first-order chi connectivity index (χ1) is 8.15. The highest BCUT2D eigenvalue weighted by Gasteiger charge is 1.93. The average molecular weight is 223 g/mol. The third-order valence-electron chi connectivity index (χ3n) is 2.93. The molecule has 0 spiro atoms. The molecule has 0 aliphatic rings. The highest BCUT2D eigenvalue weighted by atomic mass is 14.7. The molecule has 0 atom stereocenters. The smallest absolute Gasteiger partial charge is 0.0630 e. The molecule has 1 heteroatoms. The lowest BCUT2D eigenvalue weighted by molar-refractivity contribution is 1.33. The van der Waals surface area contributed by atoms with Gasteiger partial charge in [-0.3, -0.25) is 4.99 Å². The van der Waals surface area contributed by atoms with Gasteiger partial charge in [-0.15, -0.1) is 0 Å². The Morgan fingerprint density at radius 1 is 0.824 bits per heavy atom. The molecular weight excluding hydrogens is 206 g/mol. The zero-order chi connectivity index (χ0) is 12.3. The molecule has 0 N–H and O–H groups in total. The van der Waals surface area contributed by atoms with E-state index in [1.807, 2.05) is 18.3 Å². The third kappa shape index (κ3) is 3.04. The highest BCUT2D eigenvalue weighted by molar-refractivity contribution is 5.82. The van der Waals surface area contributed by atoms with Crippen molar-refractivity contribution in [2.75, 3.05) is 0 Å². The van der Waals surface area contributed by atoms with Crippen LogP contribution in [0.3, 0.4) is 0 Å². The SMILES string of the molecule is Cc1ccc(N=Cc2ccc(C)c(C)c2)cc1. The van der Waals surface area contributed by atoms with Crippen molar-refractivity contribution >= 4 is 11.9 Å². The molecule has 1 nitrogen and oxygen atoms in total. The first-order valence-corrected chi connectivity index (χ1v) is 5.83. The number of aryl methyl sites for hydroxylation is 3. The van der Waals surface area contributed by atoms with Crippen molar-refractivity contribution in [3.63, 3.8) is 0 Å². The molecule has 0 fully saturated rings. The number of nitrogens with zero attached hydrogens (tertiary/aromatic N) is 1. The molecule has 17 heavy (non-hydrogen) atoms. The van der Waals surface area contributed by atoms with Gasteiger partial charge >= 0.3 is 0 Å². The Balaban J connectivity index is 2.20. The van der Waals surface area contributed by atoms with E-state index in [-0.39, 0.29) is 0 Å². The molecule has 0 aromatic heterocycles. The number of rotatable bonds is 2. The number of hydrogen-bond donors (Lipinski definition) is 0. The summed E-state index contributed by atoms with van der Waals surface area (Å²) in [6.07, 6.45) is 1.91. The van der Waals surface area contributed by atoms with E-state index in [1.165, 1.54) is 16.7 Å². The summed E-state index contributed by atoms with van der Waals surface area (Å²) in [5, 5.41) is 0. The average Bonchev–Trinajstić information content (AvgIpc) is 2.33. The third-order valence-corrected chi connectivity index (χ3v) is 2.93. The lowest BCUT2D eigenvalue weighted by Crippen LogP contribution is -1.85. The first-order valence-electron chi connectivity index (χ1n) is 5.83. The zero-order valence-electron chi connectivity index (χ0n) is 10.6. The molecule has 2 aromatic rings. The summed E-state index contributed by atoms with van der Waals surface area (Å²) in [7, 11) is 0. The standard InChI is InChI=1S/C16H17N/c1-12-4-8-16(9-5-12)17-11-15-7-6-13(2)14(3)10-15/h4-11H,1-3H3. The topological polar surface area (TPSA) is 12.4 Å². The van der Waals surface area contributed by atoms with E-state index in [0.29, 0.717) is 0 Å². The van der Waals surface area contributed by atoms with Crippen LogP contribution in [-0.4, -0.2) is 6.21 Å². The van der Waals surface area contributed by atoms with E-state index < -0.39 is 0 Å². The van der Waals surface area contributed by atoms with Crippen LogP contribution in [-0.2, 0) is 0 Å². The minimum Gasteiger partial charge on any atom is -0.256 e. The molecule has 0 saturated heterocycles. The van der Waals surface area contributed by atoms with Crippen molar-refractivity contribution in [2.24, 2.45) is 4.99 Å². The fourth-order valence-corrected chi connectivity index (χ4v) is 1.62. The maximum atomic E-state index is 4.46. The molecular formula is C16H17N. The van der Waals surface area contributed by atoms with Gasteiger partial charge in [0.2, 0.25) is 0 Å². The Kier molecular flexibility index (Phi) is 3.38. The Labute approximate surface area is 103 Å². The molecule has 86 valence electrons. The predicted molar refractivity (Wildman–Crippen MR) is 74.3 cm³/mol. The van der Waals surface area contributed by atoms with E-state index in [2.05, 4.69) is 56.1 Å². The number of aliphatic imine (C=N–C) groups is 1. The van der Waals surface area contributed by atoms with Crippen molar-refractivity contribution in [2.45, 2.75) is 20.8 Å². The minimum atomic E-state index is 0.994. The Bertz CT molecular complexity index is 536. The molecule has 0 radical (unpaired) electrons. The summed E-state index contributed by atoms with van der Waals surface area (Å²) >= 11 is 0. The molecule has 0 unspecified atom stereocenters. The molecule has 0 aliphatic heterocycles. The van der Waals surface area contributed by atoms with E-state index in [4.69, 9.17) is 0 Å². The van der Waals surface area contributed by atoms with Gasteiger partial charge in [0.1, 0.15) is 0 Å². The van der Waals surface area contributed by atoms with Crippen molar-refractivity contribution in [3.05, 3.63) is 64.7 Å². The second-order valence-electron chi connectivity index (χ2n) is 4.44. The molecule has 0 aliphatic carbocycles.